The van der Waals surface area contributed by atoms with Crippen LogP contribution in [0.4, 0.5) is 11.4 Å². The summed E-state index contributed by atoms with van der Waals surface area (Å²) in [5, 5.41) is 21.7. The van der Waals surface area contributed by atoms with E-state index in [1.165, 1.54) is 22.5 Å². The number of aliphatic hydroxyl groups excluding tert-OH is 2. The molecule has 4 nitrogen and oxygen atoms in total. The lowest BCUT2D eigenvalue weighted by Crippen LogP contribution is -2.51. The minimum Gasteiger partial charge on any atom is -0.392 e. The fourth-order valence-electron chi connectivity index (χ4n) is 5.08. The van der Waals surface area contributed by atoms with Crippen LogP contribution in [0, 0.1) is 0 Å². The van der Waals surface area contributed by atoms with Crippen molar-refractivity contribution in [1.82, 2.24) is 0 Å². The number of fused-ring (bicyclic) bond motifs is 2. The van der Waals surface area contributed by atoms with Gasteiger partial charge in [-0.3, -0.25) is 0 Å². The molecule has 2 aromatic rings. The number of likely N-dealkylation sites (N-methyl/N-ethyl adjacent to an activating group) is 2. The van der Waals surface area contributed by atoms with Crippen LogP contribution in [0.2, 0.25) is 0 Å². The highest BCUT2D eigenvalue weighted by molar-refractivity contribution is 5.61. The Morgan fingerprint density at radius 2 is 1.15 bits per heavy atom. The zero-order valence-corrected chi connectivity index (χ0v) is 15.4. The summed E-state index contributed by atoms with van der Waals surface area (Å²) in [6.45, 7) is 2.08. The van der Waals surface area contributed by atoms with Crippen LogP contribution in [-0.4, -0.2) is 49.6 Å². The van der Waals surface area contributed by atoms with Crippen LogP contribution in [0.3, 0.4) is 0 Å². The maximum absolute atomic E-state index is 10.9. The summed E-state index contributed by atoms with van der Waals surface area (Å²) in [5.41, 5.74) is 7.34. The second-order valence-electron chi connectivity index (χ2n) is 8.15. The van der Waals surface area contributed by atoms with Gasteiger partial charge in [0.2, 0.25) is 0 Å². The fourth-order valence-corrected chi connectivity index (χ4v) is 5.08. The first kappa shape index (κ1) is 16.2. The van der Waals surface area contributed by atoms with Crippen molar-refractivity contribution in [2.45, 2.75) is 36.9 Å². The highest BCUT2D eigenvalue weighted by atomic mass is 16.3. The van der Waals surface area contributed by atoms with E-state index >= 15 is 0 Å². The molecule has 0 amide bonds. The Hall–Kier alpha value is -2.04. The van der Waals surface area contributed by atoms with Crippen LogP contribution in [0.15, 0.2) is 36.4 Å². The number of nitrogens with zero attached hydrogens (tertiary/aromatic N) is 2. The minimum absolute atomic E-state index is 0.188. The SMILES string of the molecule is CN1CCc2cc(C3C(O)C(c4ccc5c(c4)CCN5C)C3O)ccc21. The second kappa shape index (κ2) is 5.73. The van der Waals surface area contributed by atoms with E-state index in [2.05, 4.69) is 60.3 Å². The maximum Gasteiger partial charge on any atom is 0.0727 e. The van der Waals surface area contributed by atoms with Crippen molar-refractivity contribution in [2.24, 2.45) is 0 Å². The molecule has 2 heterocycles. The average molecular weight is 350 g/mol. The zero-order chi connectivity index (χ0) is 18.0. The lowest BCUT2D eigenvalue weighted by molar-refractivity contribution is -0.0785. The quantitative estimate of drug-likeness (QED) is 0.872. The van der Waals surface area contributed by atoms with Gasteiger partial charge in [-0.2, -0.15) is 0 Å². The highest BCUT2D eigenvalue weighted by Crippen LogP contribution is 2.49. The predicted octanol–water partition coefficient (Wildman–Crippen LogP) is 2.27. The highest BCUT2D eigenvalue weighted by Gasteiger charge is 2.50. The maximum atomic E-state index is 10.9. The van der Waals surface area contributed by atoms with E-state index < -0.39 is 12.2 Å². The lowest BCUT2D eigenvalue weighted by Gasteiger charge is -2.47. The summed E-state index contributed by atoms with van der Waals surface area (Å²) in [6, 6.07) is 12.8. The summed E-state index contributed by atoms with van der Waals surface area (Å²) in [5.74, 6) is -0.376. The van der Waals surface area contributed by atoms with Crippen LogP contribution in [-0.2, 0) is 12.8 Å². The first-order valence-electron chi connectivity index (χ1n) is 9.58. The molecule has 0 atom stereocenters. The van der Waals surface area contributed by atoms with E-state index in [1.807, 2.05) is 0 Å². The number of rotatable bonds is 2. The van der Waals surface area contributed by atoms with E-state index in [0.29, 0.717) is 0 Å². The van der Waals surface area contributed by atoms with Crippen molar-refractivity contribution >= 4 is 11.4 Å². The zero-order valence-electron chi connectivity index (χ0n) is 15.4. The molecule has 0 spiro atoms. The number of anilines is 2. The number of aliphatic hydroxyl groups is 2. The standard InChI is InChI=1S/C22H26N2O2/c1-23-9-7-13-11-15(3-5-17(13)23)19-21(25)20(22(19)26)16-4-6-18-14(12-16)8-10-24(18)2/h3-6,11-12,19-22,25-26H,7-10H2,1-2H3. The Balaban J connectivity index is 1.41. The predicted molar refractivity (Wildman–Crippen MR) is 104 cm³/mol. The molecule has 2 aliphatic heterocycles. The topological polar surface area (TPSA) is 46.9 Å². The Kier molecular flexibility index (Phi) is 3.56. The van der Waals surface area contributed by atoms with Gasteiger partial charge in [0.05, 0.1) is 12.2 Å². The summed E-state index contributed by atoms with van der Waals surface area (Å²) < 4.78 is 0. The first-order chi connectivity index (χ1) is 12.5. The van der Waals surface area contributed by atoms with E-state index in [1.54, 1.807) is 0 Å². The molecular weight excluding hydrogens is 324 g/mol. The van der Waals surface area contributed by atoms with Crippen LogP contribution in [0.25, 0.3) is 0 Å². The molecule has 1 saturated carbocycles. The number of hydrogen-bond donors (Lipinski definition) is 2. The molecule has 0 saturated heterocycles. The molecule has 1 fully saturated rings. The molecule has 136 valence electrons. The van der Waals surface area contributed by atoms with E-state index in [9.17, 15) is 10.2 Å². The third-order valence-corrected chi connectivity index (χ3v) is 6.70. The summed E-state index contributed by atoms with van der Waals surface area (Å²) in [7, 11) is 4.22. The van der Waals surface area contributed by atoms with Crippen LogP contribution < -0.4 is 9.80 Å². The van der Waals surface area contributed by atoms with Crippen molar-refractivity contribution in [1.29, 1.82) is 0 Å². The summed E-state index contributed by atoms with van der Waals surface area (Å²) in [4.78, 5) is 4.52. The van der Waals surface area contributed by atoms with Crippen LogP contribution in [0.5, 0.6) is 0 Å². The van der Waals surface area contributed by atoms with Crippen molar-refractivity contribution in [3.63, 3.8) is 0 Å². The molecule has 2 aromatic carbocycles. The van der Waals surface area contributed by atoms with Crippen LogP contribution >= 0.6 is 0 Å². The molecule has 5 rings (SSSR count). The first-order valence-corrected chi connectivity index (χ1v) is 9.58. The fraction of sp³-hybridized carbons (Fsp3) is 0.455. The van der Waals surface area contributed by atoms with Crippen LogP contribution in [0.1, 0.15) is 34.1 Å². The summed E-state index contributed by atoms with van der Waals surface area (Å²) >= 11 is 0. The molecule has 2 N–H and O–H groups in total. The van der Waals surface area contributed by atoms with Gasteiger partial charge in [0.1, 0.15) is 0 Å². The van der Waals surface area contributed by atoms with Gasteiger partial charge < -0.3 is 20.0 Å². The van der Waals surface area contributed by atoms with Gasteiger partial charge in [0.25, 0.3) is 0 Å². The van der Waals surface area contributed by atoms with Gasteiger partial charge in [-0.05, 0) is 47.2 Å². The number of benzene rings is 2. The third-order valence-electron chi connectivity index (χ3n) is 6.70. The molecule has 0 aromatic heterocycles. The summed E-state index contributed by atoms with van der Waals surface area (Å²) in [6.07, 6.45) is 1.03. The van der Waals surface area contributed by atoms with E-state index in [-0.39, 0.29) is 11.8 Å². The van der Waals surface area contributed by atoms with Crippen molar-refractivity contribution in [3.8, 4) is 0 Å². The largest absolute Gasteiger partial charge is 0.392 e. The number of hydrogen-bond acceptors (Lipinski definition) is 4. The molecule has 0 unspecified atom stereocenters. The average Bonchev–Trinajstić information content (AvgIpc) is 3.18. The Morgan fingerprint density at radius 1 is 0.731 bits per heavy atom. The third kappa shape index (κ3) is 2.22. The Morgan fingerprint density at radius 3 is 1.58 bits per heavy atom. The van der Waals surface area contributed by atoms with Crippen molar-refractivity contribution < 1.29 is 10.2 Å². The van der Waals surface area contributed by atoms with Crippen molar-refractivity contribution in [3.05, 3.63) is 58.7 Å². The van der Waals surface area contributed by atoms with Gasteiger partial charge in [-0.25, -0.2) is 0 Å². The Bertz CT molecular complexity index is 786. The molecule has 26 heavy (non-hydrogen) atoms. The van der Waals surface area contributed by atoms with E-state index in [4.69, 9.17) is 0 Å². The van der Waals surface area contributed by atoms with Gasteiger partial charge in [0.15, 0.2) is 0 Å². The molecule has 0 radical (unpaired) electrons. The van der Waals surface area contributed by atoms with Crippen molar-refractivity contribution in [2.75, 3.05) is 37.0 Å². The van der Waals surface area contributed by atoms with E-state index in [0.717, 1.165) is 37.1 Å². The van der Waals surface area contributed by atoms with Gasteiger partial charge in [-0.1, -0.05) is 24.3 Å². The smallest absolute Gasteiger partial charge is 0.0727 e. The van der Waals surface area contributed by atoms with Gasteiger partial charge in [-0.15, -0.1) is 0 Å². The molecular formula is C22H26N2O2. The molecule has 3 aliphatic rings. The molecule has 0 bridgehead atoms. The second-order valence-corrected chi connectivity index (χ2v) is 8.15. The molecule has 1 aliphatic carbocycles. The Labute approximate surface area is 154 Å². The molecule has 4 heteroatoms. The van der Waals surface area contributed by atoms with Gasteiger partial charge in [0, 0.05) is 50.4 Å². The monoisotopic (exact) mass is 350 g/mol. The van der Waals surface area contributed by atoms with Gasteiger partial charge >= 0.3 is 0 Å². The lowest BCUT2D eigenvalue weighted by atomic mass is 9.63. The normalized spacial score (nSPS) is 29.5. The minimum atomic E-state index is -0.528.